The zero-order valence-electron chi connectivity index (χ0n) is 17.6. The van der Waals surface area contributed by atoms with E-state index in [4.69, 9.17) is 22.0 Å². The summed E-state index contributed by atoms with van der Waals surface area (Å²) in [5.74, 6) is 0.626. The Morgan fingerprint density at radius 2 is 1.80 bits per heavy atom. The first-order chi connectivity index (χ1) is 14.6. The minimum Gasteiger partial charge on any atom is -0.387 e. The Morgan fingerprint density at radius 1 is 1.10 bits per heavy atom. The van der Waals surface area contributed by atoms with Gasteiger partial charge in [0.1, 0.15) is 0 Å². The van der Waals surface area contributed by atoms with Crippen LogP contribution in [-0.4, -0.2) is 40.9 Å². The van der Waals surface area contributed by atoms with Crippen molar-refractivity contribution in [2.75, 3.05) is 11.9 Å². The molecule has 3 saturated carbocycles. The molecule has 1 spiro atoms. The summed E-state index contributed by atoms with van der Waals surface area (Å²) in [6.45, 7) is 1.01. The van der Waals surface area contributed by atoms with Crippen molar-refractivity contribution in [1.82, 2.24) is 20.6 Å². The molecular formula is C23H33ClN6. The molecule has 30 heavy (non-hydrogen) atoms. The van der Waals surface area contributed by atoms with Crippen LogP contribution in [0.3, 0.4) is 0 Å². The maximum absolute atomic E-state index is 7.98. The van der Waals surface area contributed by atoms with Gasteiger partial charge in [-0.25, -0.2) is 9.97 Å². The average Bonchev–Trinajstić information content (AvgIpc) is 3.11. The van der Waals surface area contributed by atoms with Gasteiger partial charge in [-0.2, -0.15) is 0 Å². The SMILES string of the molecule is N=C/C(=C1/CC2(CC2)CN1)c1nc(N[C@H]2CC[C@H](NC3CCCC3)CC2)ncc1Cl. The second kappa shape index (κ2) is 8.46. The van der Waals surface area contributed by atoms with Gasteiger partial charge in [0.25, 0.3) is 0 Å². The monoisotopic (exact) mass is 428 g/mol. The van der Waals surface area contributed by atoms with Gasteiger partial charge in [-0.1, -0.05) is 24.4 Å². The number of halogens is 1. The summed E-state index contributed by atoms with van der Waals surface area (Å²) in [5.41, 5.74) is 3.00. The number of anilines is 1. The molecule has 1 aliphatic heterocycles. The summed E-state index contributed by atoms with van der Waals surface area (Å²) >= 11 is 6.45. The molecule has 2 heterocycles. The molecule has 162 valence electrons. The van der Waals surface area contributed by atoms with Crippen molar-refractivity contribution >= 4 is 29.3 Å². The number of aromatic nitrogens is 2. The van der Waals surface area contributed by atoms with Crippen molar-refractivity contribution in [3.05, 3.63) is 22.6 Å². The van der Waals surface area contributed by atoms with Crippen molar-refractivity contribution < 1.29 is 0 Å². The van der Waals surface area contributed by atoms with Crippen molar-refractivity contribution in [3.63, 3.8) is 0 Å². The van der Waals surface area contributed by atoms with E-state index in [1.807, 2.05) is 0 Å². The lowest BCUT2D eigenvalue weighted by Gasteiger charge is -2.31. The molecule has 4 aliphatic rings. The smallest absolute Gasteiger partial charge is 0.223 e. The first kappa shape index (κ1) is 20.3. The van der Waals surface area contributed by atoms with E-state index in [1.54, 1.807) is 6.20 Å². The molecule has 6 nitrogen and oxygen atoms in total. The highest BCUT2D eigenvalue weighted by Gasteiger charge is 2.47. The summed E-state index contributed by atoms with van der Waals surface area (Å²) in [4.78, 5) is 9.17. The molecule has 0 bridgehead atoms. The third-order valence-electron chi connectivity index (χ3n) is 7.54. The lowest BCUT2D eigenvalue weighted by molar-refractivity contribution is 0.322. The molecule has 1 aromatic heterocycles. The van der Waals surface area contributed by atoms with E-state index in [0.29, 0.717) is 34.2 Å². The largest absolute Gasteiger partial charge is 0.387 e. The quantitative estimate of drug-likeness (QED) is 0.500. The predicted octanol–water partition coefficient (Wildman–Crippen LogP) is 4.52. The van der Waals surface area contributed by atoms with Gasteiger partial charge in [-0.15, -0.1) is 0 Å². The molecule has 1 aromatic rings. The van der Waals surface area contributed by atoms with Gasteiger partial charge in [0, 0.05) is 42.2 Å². The minimum absolute atomic E-state index is 0.399. The normalized spacial score (nSPS) is 29.6. The van der Waals surface area contributed by atoms with E-state index in [0.717, 1.165) is 43.1 Å². The molecule has 0 radical (unpaired) electrons. The highest BCUT2D eigenvalue weighted by Crippen LogP contribution is 2.53. The van der Waals surface area contributed by atoms with Crippen molar-refractivity contribution in [3.8, 4) is 0 Å². The number of nitrogens with one attached hydrogen (secondary N) is 4. The van der Waals surface area contributed by atoms with Gasteiger partial charge in [-0.3, -0.25) is 0 Å². The van der Waals surface area contributed by atoms with Crippen LogP contribution in [0.5, 0.6) is 0 Å². The van der Waals surface area contributed by atoms with Crippen LogP contribution in [0.4, 0.5) is 5.95 Å². The minimum atomic E-state index is 0.399. The Hall–Kier alpha value is -1.66. The molecule has 0 aromatic carbocycles. The van der Waals surface area contributed by atoms with E-state index in [1.165, 1.54) is 57.6 Å². The van der Waals surface area contributed by atoms with Crippen molar-refractivity contribution in [2.45, 2.75) is 88.8 Å². The Morgan fingerprint density at radius 3 is 2.47 bits per heavy atom. The summed E-state index contributed by atoms with van der Waals surface area (Å²) in [6.07, 6.45) is 16.8. The molecule has 1 saturated heterocycles. The lowest BCUT2D eigenvalue weighted by atomic mass is 9.90. The van der Waals surface area contributed by atoms with Crippen LogP contribution in [-0.2, 0) is 0 Å². The molecule has 3 aliphatic carbocycles. The van der Waals surface area contributed by atoms with Gasteiger partial charge in [0.15, 0.2) is 0 Å². The summed E-state index contributed by atoms with van der Waals surface area (Å²) < 4.78 is 0. The second-order valence-corrected chi connectivity index (χ2v) is 10.2. The van der Waals surface area contributed by atoms with Crippen LogP contribution < -0.4 is 16.0 Å². The third-order valence-corrected chi connectivity index (χ3v) is 7.82. The van der Waals surface area contributed by atoms with Gasteiger partial charge >= 0.3 is 0 Å². The molecule has 0 amide bonds. The van der Waals surface area contributed by atoms with Crippen LogP contribution in [0.25, 0.3) is 5.57 Å². The van der Waals surface area contributed by atoms with Gasteiger partial charge in [0.2, 0.25) is 5.95 Å². The van der Waals surface area contributed by atoms with Crippen LogP contribution in [0.1, 0.15) is 76.3 Å². The van der Waals surface area contributed by atoms with Crippen molar-refractivity contribution in [2.24, 2.45) is 5.41 Å². The summed E-state index contributed by atoms with van der Waals surface area (Å²) in [7, 11) is 0. The molecule has 4 N–H and O–H groups in total. The zero-order chi connectivity index (χ0) is 20.6. The summed E-state index contributed by atoms with van der Waals surface area (Å²) in [6, 6.07) is 1.80. The molecule has 7 heteroatoms. The number of hydrogen-bond donors (Lipinski definition) is 4. The Kier molecular flexibility index (Phi) is 5.71. The topological polar surface area (TPSA) is 85.7 Å². The maximum atomic E-state index is 7.98. The van der Waals surface area contributed by atoms with Crippen LogP contribution in [0.2, 0.25) is 5.02 Å². The molecule has 5 rings (SSSR count). The molecule has 4 fully saturated rings. The average molecular weight is 429 g/mol. The van der Waals surface area contributed by atoms with Gasteiger partial charge in [-0.05, 0) is 63.2 Å². The number of allylic oxidation sites excluding steroid dienone is 2. The van der Waals surface area contributed by atoms with Gasteiger partial charge in [0.05, 0.1) is 16.9 Å². The number of nitrogens with zero attached hydrogens (tertiary/aromatic N) is 2. The summed E-state index contributed by atoms with van der Waals surface area (Å²) in [5, 5.41) is 19.4. The lowest BCUT2D eigenvalue weighted by Crippen LogP contribution is -2.41. The Bertz CT molecular complexity index is 819. The highest BCUT2D eigenvalue weighted by molar-refractivity contribution is 6.33. The van der Waals surface area contributed by atoms with Crippen LogP contribution in [0, 0.1) is 10.8 Å². The van der Waals surface area contributed by atoms with E-state index >= 15 is 0 Å². The third kappa shape index (κ3) is 4.35. The predicted molar refractivity (Wildman–Crippen MR) is 122 cm³/mol. The standard InChI is InChI=1S/C23H33ClN6/c24-19-13-26-22(29-17-7-5-16(6-8-17)28-15-3-1-2-4-15)30-21(19)18(12-25)20-11-23(9-10-23)14-27-20/h12-13,15-17,25,27-28H,1-11,14H2,(H,26,29,30)/b20-18+,25-12?/t16-,17-. The van der Waals surface area contributed by atoms with E-state index < -0.39 is 0 Å². The zero-order valence-corrected chi connectivity index (χ0v) is 18.4. The van der Waals surface area contributed by atoms with E-state index in [9.17, 15) is 0 Å². The molecular weight excluding hydrogens is 396 g/mol. The van der Waals surface area contributed by atoms with Crippen LogP contribution >= 0.6 is 11.6 Å². The first-order valence-corrected chi connectivity index (χ1v) is 12.0. The Balaban J connectivity index is 1.23. The maximum Gasteiger partial charge on any atom is 0.223 e. The second-order valence-electron chi connectivity index (χ2n) is 9.80. The molecule has 0 unspecified atom stereocenters. The van der Waals surface area contributed by atoms with E-state index in [-0.39, 0.29) is 0 Å². The van der Waals surface area contributed by atoms with Gasteiger partial charge < -0.3 is 21.4 Å². The number of rotatable bonds is 6. The fourth-order valence-electron chi connectivity index (χ4n) is 5.45. The fourth-order valence-corrected chi connectivity index (χ4v) is 5.64. The van der Waals surface area contributed by atoms with Crippen LogP contribution in [0.15, 0.2) is 11.9 Å². The Labute approximate surface area is 184 Å². The first-order valence-electron chi connectivity index (χ1n) is 11.7. The van der Waals surface area contributed by atoms with Crippen molar-refractivity contribution in [1.29, 1.82) is 5.41 Å². The van der Waals surface area contributed by atoms with E-state index in [2.05, 4.69) is 20.9 Å². The number of hydrogen-bond acceptors (Lipinski definition) is 6. The fraction of sp³-hybridized carbons (Fsp3) is 0.696. The molecule has 0 atom stereocenters. The highest BCUT2D eigenvalue weighted by atomic mass is 35.5.